The van der Waals surface area contributed by atoms with E-state index in [4.69, 9.17) is 0 Å². The molecule has 0 aliphatic rings. The lowest BCUT2D eigenvalue weighted by atomic mass is 10.1. The van der Waals surface area contributed by atoms with Gasteiger partial charge in [0.1, 0.15) is 11.9 Å². The number of thiophene rings is 1. The Morgan fingerprint density at radius 2 is 2.18 bits per heavy atom. The average Bonchev–Trinajstić information content (AvgIpc) is 2.98. The molecule has 1 heterocycles. The number of benzene rings is 1. The molecule has 1 aromatic heterocycles. The van der Waals surface area contributed by atoms with E-state index in [9.17, 15) is 14.3 Å². The second kappa shape index (κ2) is 7.91. The summed E-state index contributed by atoms with van der Waals surface area (Å²) in [7, 11) is 0. The van der Waals surface area contributed by atoms with Crippen LogP contribution in [-0.2, 0) is 6.42 Å². The maximum absolute atomic E-state index is 13.1. The number of rotatable bonds is 6. The molecule has 2 rings (SSSR count). The van der Waals surface area contributed by atoms with Crippen molar-refractivity contribution in [3.05, 3.63) is 58.0 Å². The molecule has 1 aromatic carbocycles. The third-order valence-electron chi connectivity index (χ3n) is 3.14. The minimum Gasteiger partial charge on any atom is -0.386 e. The van der Waals surface area contributed by atoms with Crippen LogP contribution in [0.5, 0.6) is 0 Å². The highest BCUT2D eigenvalue weighted by Gasteiger charge is 2.12. The Hall–Kier alpha value is -1.92. The third-order valence-corrected chi connectivity index (χ3v) is 4.11. The van der Waals surface area contributed by atoms with Crippen molar-refractivity contribution < 1.29 is 14.3 Å². The molecule has 0 bridgehead atoms. The summed E-state index contributed by atoms with van der Waals surface area (Å²) in [5.41, 5.74) is 0.825. The minimum absolute atomic E-state index is 0.138. The van der Waals surface area contributed by atoms with Crippen molar-refractivity contribution in [1.82, 2.24) is 10.6 Å². The van der Waals surface area contributed by atoms with Crippen molar-refractivity contribution in [3.63, 3.8) is 0 Å². The van der Waals surface area contributed by atoms with Crippen molar-refractivity contribution in [3.8, 4) is 0 Å². The monoisotopic (exact) mass is 322 g/mol. The van der Waals surface area contributed by atoms with Gasteiger partial charge in [-0.3, -0.25) is 0 Å². The Kier molecular flexibility index (Phi) is 5.91. The summed E-state index contributed by atoms with van der Waals surface area (Å²) in [6, 6.07) is 9.50. The number of urea groups is 1. The zero-order valence-corrected chi connectivity index (χ0v) is 13.1. The average molecular weight is 322 g/mol. The van der Waals surface area contributed by atoms with Gasteiger partial charge in [0.15, 0.2) is 0 Å². The first-order valence-electron chi connectivity index (χ1n) is 7.05. The van der Waals surface area contributed by atoms with Crippen molar-refractivity contribution in [2.24, 2.45) is 0 Å². The maximum atomic E-state index is 13.1. The van der Waals surface area contributed by atoms with E-state index < -0.39 is 6.10 Å². The Balaban J connectivity index is 1.74. The Bertz CT molecular complexity index is 604. The van der Waals surface area contributed by atoms with E-state index >= 15 is 0 Å². The molecule has 0 spiro atoms. The number of halogens is 1. The van der Waals surface area contributed by atoms with E-state index in [-0.39, 0.29) is 24.4 Å². The van der Waals surface area contributed by atoms with Gasteiger partial charge in [-0.1, -0.05) is 18.2 Å². The zero-order valence-electron chi connectivity index (χ0n) is 12.3. The lowest BCUT2D eigenvalue weighted by molar-refractivity contribution is 0.176. The lowest BCUT2D eigenvalue weighted by Gasteiger charge is -2.16. The highest BCUT2D eigenvalue weighted by atomic mass is 32.1. The Morgan fingerprint density at radius 3 is 2.86 bits per heavy atom. The number of amides is 2. The first kappa shape index (κ1) is 16.5. The van der Waals surface area contributed by atoms with Crippen LogP contribution < -0.4 is 10.6 Å². The normalized spacial score (nSPS) is 13.4. The molecule has 22 heavy (non-hydrogen) atoms. The Labute approximate surface area is 133 Å². The third kappa shape index (κ3) is 5.13. The molecule has 0 aliphatic carbocycles. The predicted molar refractivity (Wildman–Crippen MR) is 85.4 cm³/mol. The fraction of sp³-hybridized carbons (Fsp3) is 0.312. The molecular formula is C16H19FN2O2S. The molecular weight excluding hydrogens is 303 g/mol. The number of aliphatic hydroxyl groups is 1. The lowest BCUT2D eigenvalue weighted by Crippen LogP contribution is -2.43. The summed E-state index contributed by atoms with van der Waals surface area (Å²) in [5.74, 6) is -0.284. The highest BCUT2D eigenvalue weighted by Crippen LogP contribution is 2.17. The molecule has 4 nitrogen and oxygen atoms in total. The minimum atomic E-state index is -0.704. The molecule has 0 saturated carbocycles. The van der Waals surface area contributed by atoms with Gasteiger partial charge < -0.3 is 15.7 Å². The summed E-state index contributed by atoms with van der Waals surface area (Å²) in [6.45, 7) is 2.00. The number of nitrogens with one attached hydrogen (secondary N) is 2. The predicted octanol–water partition coefficient (Wildman–Crippen LogP) is 2.85. The molecule has 2 aromatic rings. The standard InChI is InChI=1S/C16H19FN2O2S/c1-11(8-12-4-2-5-13(17)9-12)19-16(21)18-10-14(20)15-6-3-7-22-15/h2-7,9,11,14,20H,8,10H2,1H3,(H2,18,19,21). The number of aliphatic hydroxyl groups excluding tert-OH is 1. The van der Waals surface area contributed by atoms with Crippen LogP contribution in [0.1, 0.15) is 23.5 Å². The smallest absolute Gasteiger partial charge is 0.315 e. The number of carbonyl (C=O) groups excluding carboxylic acids is 1. The van der Waals surface area contributed by atoms with E-state index in [1.807, 2.05) is 30.5 Å². The Morgan fingerprint density at radius 1 is 1.36 bits per heavy atom. The van der Waals surface area contributed by atoms with Crippen molar-refractivity contribution in [2.45, 2.75) is 25.5 Å². The van der Waals surface area contributed by atoms with Crippen LogP contribution in [0.25, 0.3) is 0 Å². The van der Waals surface area contributed by atoms with Gasteiger partial charge in [0.2, 0.25) is 0 Å². The van der Waals surface area contributed by atoms with Gasteiger partial charge in [-0.15, -0.1) is 11.3 Å². The zero-order chi connectivity index (χ0) is 15.9. The summed E-state index contributed by atoms with van der Waals surface area (Å²) >= 11 is 1.44. The molecule has 2 atom stereocenters. The molecule has 0 saturated heterocycles. The number of carbonyl (C=O) groups is 1. The summed E-state index contributed by atoms with van der Waals surface area (Å²) in [4.78, 5) is 12.6. The van der Waals surface area contributed by atoms with Gasteiger partial charge in [0, 0.05) is 10.9 Å². The van der Waals surface area contributed by atoms with Crippen LogP contribution in [0.3, 0.4) is 0 Å². The number of hydrogen-bond donors (Lipinski definition) is 3. The quantitative estimate of drug-likeness (QED) is 0.766. The van der Waals surface area contributed by atoms with Crippen LogP contribution in [0, 0.1) is 5.82 Å². The molecule has 0 fully saturated rings. The summed E-state index contributed by atoms with van der Waals surface area (Å²) in [6.07, 6.45) is -0.164. The largest absolute Gasteiger partial charge is 0.386 e. The van der Waals surface area contributed by atoms with Gasteiger partial charge in [0.25, 0.3) is 0 Å². The van der Waals surface area contributed by atoms with Crippen LogP contribution in [0.4, 0.5) is 9.18 Å². The van der Waals surface area contributed by atoms with E-state index in [2.05, 4.69) is 10.6 Å². The molecule has 2 amide bonds. The van der Waals surface area contributed by atoms with E-state index in [1.54, 1.807) is 6.07 Å². The van der Waals surface area contributed by atoms with Gasteiger partial charge in [-0.05, 0) is 42.5 Å². The fourth-order valence-electron chi connectivity index (χ4n) is 2.11. The van der Waals surface area contributed by atoms with E-state index in [0.29, 0.717) is 6.42 Å². The van der Waals surface area contributed by atoms with Crippen molar-refractivity contribution in [2.75, 3.05) is 6.54 Å². The fourth-order valence-corrected chi connectivity index (χ4v) is 2.83. The van der Waals surface area contributed by atoms with Crippen molar-refractivity contribution in [1.29, 1.82) is 0 Å². The van der Waals surface area contributed by atoms with Crippen LogP contribution >= 0.6 is 11.3 Å². The maximum Gasteiger partial charge on any atom is 0.315 e. The number of hydrogen-bond acceptors (Lipinski definition) is 3. The molecule has 118 valence electrons. The van der Waals surface area contributed by atoms with Crippen molar-refractivity contribution >= 4 is 17.4 Å². The van der Waals surface area contributed by atoms with Gasteiger partial charge >= 0.3 is 6.03 Å². The van der Waals surface area contributed by atoms with Gasteiger partial charge in [0.05, 0.1) is 6.54 Å². The topological polar surface area (TPSA) is 61.4 Å². The summed E-state index contributed by atoms with van der Waals surface area (Å²) in [5, 5.41) is 17.2. The van der Waals surface area contributed by atoms with E-state index in [1.165, 1.54) is 23.5 Å². The van der Waals surface area contributed by atoms with Crippen LogP contribution in [-0.4, -0.2) is 23.7 Å². The van der Waals surface area contributed by atoms with Crippen LogP contribution in [0.2, 0.25) is 0 Å². The molecule has 6 heteroatoms. The summed E-state index contributed by atoms with van der Waals surface area (Å²) < 4.78 is 13.1. The first-order valence-corrected chi connectivity index (χ1v) is 7.93. The highest BCUT2D eigenvalue weighted by molar-refractivity contribution is 7.10. The van der Waals surface area contributed by atoms with Crippen LogP contribution in [0.15, 0.2) is 41.8 Å². The molecule has 3 N–H and O–H groups in total. The van der Waals surface area contributed by atoms with Gasteiger partial charge in [-0.2, -0.15) is 0 Å². The second-order valence-electron chi connectivity index (χ2n) is 5.12. The first-order chi connectivity index (χ1) is 10.5. The molecule has 0 aliphatic heterocycles. The SMILES string of the molecule is CC(Cc1cccc(F)c1)NC(=O)NCC(O)c1cccs1. The molecule has 0 radical (unpaired) electrons. The second-order valence-corrected chi connectivity index (χ2v) is 6.10. The molecule has 2 unspecified atom stereocenters. The van der Waals surface area contributed by atoms with E-state index in [0.717, 1.165) is 10.4 Å². The van der Waals surface area contributed by atoms with Gasteiger partial charge in [-0.25, -0.2) is 9.18 Å².